The van der Waals surface area contributed by atoms with Gasteiger partial charge in [-0.05, 0) is 12.8 Å². The Morgan fingerprint density at radius 1 is 0.652 bits per heavy atom. The first-order valence-electron chi connectivity index (χ1n) is 19.2. The predicted molar refractivity (Wildman–Crippen MR) is 184 cm³/mol. The van der Waals surface area contributed by atoms with Crippen LogP contribution in [0.1, 0.15) is 174 Å². The minimum absolute atomic E-state index is 0.138. The molecule has 0 aromatic rings. The summed E-state index contributed by atoms with van der Waals surface area (Å²) in [6, 6.07) is -0.707. The summed E-state index contributed by atoms with van der Waals surface area (Å²) in [5.41, 5.74) is 0. The third-order valence-corrected chi connectivity index (χ3v) is 9.46. The molecule has 1 saturated heterocycles. The summed E-state index contributed by atoms with van der Waals surface area (Å²) in [5.74, 6) is -0.179. The van der Waals surface area contributed by atoms with Crippen LogP contribution in [0.15, 0.2) is 0 Å². The van der Waals surface area contributed by atoms with Crippen LogP contribution in [0.4, 0.5) is 0 Å². The van der Waals surface area contributed by atoms with E-state index in [0.29, 0.717) is 12.8 Å². The van der Waals surface area contributed by atoms with Gasteiger partial charge in [-0.1, -0.05) is 155 Å². The first kappa shape index (κ1) is 43.2. The van der Waals surface area contributed by atoms with Crippen LogP contribution in [-0.2, 0) is 14.3 Å². The Morgan fingerprint density at radius 2 is 1.09 bits per heavy atom. The van der Waals surface area contributed by atoms with E-state index in [1.165, 1.54) is 116 Å². The Balaban J connectivity index is 2.14. The number of aliphatic hydroxyl groups is 5. The molecule has 0 aliphatic carbocycles. The van der Waals surface area contributed by atoms with Gasteiger partial charge in [0.15, 0.2) is 6.29 Å². The van der Waals surface area contributed by atoms with Crippen molar-refractivity contribution in [3.05, 3.63) is 0 Å². The first-order chi connectivity index (χ1) is 22.3. The average Bonchev–Trinajstić information content (AvgIpc) is 3.05. The number of hydrogen-bond donors (Lipinski definition) is 6. The molecule has 6 N–H and O–H groups in total. The maximum absolute atomic E-state index is 12.4. The quantitative estimate of drug-likeness (QED) is 0.0466. The minimum Gasteiger partial charge on any atom is -0.394 e. The molecule has 0 saturated carbocycles. The zero-order valence-electron chi connectivity index (χ0n) is 29.6. The summed E-state index contributed by atoms with van der Waals surface area (Å²) >= 11 is 0. The number of unbranched alkanes of at least 4 members (excludes halogenated alkanes) is 21. The van der Waals surface area contributed by atoms with Gasteiger partial charge in [0, 0.05) is 6.42 Å². The second-order valence-corrected chi connectivity index (χ2v) is 13.7. The van der Waals surface area contributed by atoms with Crippen LogP contribution in [0.3, 0.4) is 0 Å². The molecule has 7 unspecified atom stereocenters. The number of ether oxygens (including phenoxy) is 2. The van der Waals surface area contributed by atoms with E-state index in [-0.39, 0.29) is 12.5 Å². The van der Waals surface area contributed by atoms with Gasteiger partial charge in [0.1, 0.15) is 24.4 Å². The van der Waals surface area contributed by atoms with Gasteiger partial charge < -0.3 is 40.3 Å². The fourth-order valence-electron chi connectivity index (χ4n) is 6.26. The molecule has 46 heavy (non-hydrogen) atoms. The molecule has 0 aromatic carbocycles. The SMILES string of the molecule is CCCCCCCCCCCCCCCCCCCCCCCC(O)C(COC1OC(CO)C(O)C(O)C1O)NC(=O)CCCC. The summed E-state index contributed by atoms with van der Waals surface area (Å²) in [7, 11) is 0. The van der Waals surface area contributed by atoms with E-state index in [2.05, 4.69) is 12.2 Å². The highest BCUT2D eigenvalue weighted by molar-refractivity contribution is 5.76. The van der Waals surface area contributed by atoms with E-state index in [1.807, 2.05) is 6.92 Å². The molecule has 9 heteroatoms. The molecule has 1 amide bonds. The van der Waals surface area contributed by atoms with Crippen molar-refractivity contribution in [2.24, 2.45) is 0 Å². The summed E-state index contributed by atoms with van der Waals surface area (Å²) in [6.45, 7) is 3.59. The van der Waals surface area contributed by atoms with Gasteiger partial charge in [-0.2, -0.15) is 0 Å². The highest BCUT2D eigenvalue weighted by atomic mass is 16.7. The second-order valence-electron chi connectivity index (χ2n) is 13.7. The summed E-state index contributed by atoms with van der Waals surface area (Å²) in [5, 5.41) is 53.5. The molecule has 274 valence electrons. The molecule has 1 rings (SSSR count). The van der Waals surface area contributed by atoms with Crippen molar-refractivity contribution < 1.29 is 39.8 Å². The van der Waals surface area contributed by atoms with E-state index in [9.17, 15) is 30.3 Å². The number of rotatable bonds is 31. The number of carbonyl (C=O) groups excluding carboxylic acids is 1. The molecule has 0 bridgehead atoms. The third-order valence-electron chi connectivity index (χ3n) is 9.46. The molecule has 1 aliphatic rings. The number of hydrogen-bond acceptors (Lipinski definition) is 8. The van der Waals surface area contributed by atoms with Crippen molar-refractivity contribution in [1.29, 1.82) is 0 Å². The zero-order valence-corrected chi connectivity index (χ0v) is 29.6. The number of nitrogens with one attached hydrogen (secondary N) is 1. The average molecular weight is 660 g/mol. The van der Waals surface area contributed by atoms with Crippen molar-refractivity contribution >= 4 is 5.91 Å². The van der Waals surface area contributed by atoms with Gasteiger partial charge in [-0.25, -0.2) is 0 Å². The Morgan fingerprint density at radius 3 is 1.52 bits per heavy atom. The van der Waals surface area contributed by atoms with Crippen molar-refractivity contribution in [3.63, 3.8) is 0 Å². The number of carbonyl (C=O) groups is 1. The Hall–Kier alpha value is -0.810. The van der Waals surface area contributed by atoms with Crippen molar-refractivity contribution in [1.82, 2.24) is 5.32 Å². The molecule has 1 heterocycles. The predicted octanol–water partition coefficient (Wildman–Crippen LogP) is 6.44. The highest BCUT2D eigenvalue weighted by Gasteiger charge is 2.44. The smallest absolute Gasteiger partial charge is 0.220 e. The van der Waals surface area contributed by atoms with E-state index in [1.54, 1.807) is 0 Å². The van der Waals surface area contributed by atoms with Crippen LogP contribution in [0.2, 0.25) is 0 Å². The largest absolute Gasteiger partial charge is 0.394 e. The van der Waals surface area contributed by atoms with Crippen molar-refractivity contribution in [2.75, 3.05) is 13.2 Å². The topological polar surface area (TPSA) is 149 Å². The molecule has 7 atom stereocenters. The van der Waals surface area contributed by atoms with Crippen LogP contribution in [0.5, 0.6) is 0 Å². The lowest BCUT2D eigenvalue weighted by atomic mass is 9.99. The fourth-order valence-corrected chi connectivity index (χ4v) is 6.26. The zero-order chi connectivity index (χ0) is 33.8. The van der Waals surface area contributed by atoms with Crippen molar-refractivity contribution in [2.45, 2.75) is 217 Å². The molecular weight excluding hydrogens is 586 g/mol. The van der Waals surface area contributed by atoms with Gasteiger partial charge in [-0.15, -0.1) is 0 Å². The van der Waals surface area contributed by atoms with Gasteiger partial charge in [0.2, 0.25) is 5.91 Å². The molecule has 1 aliphatic heterocycles. The summed E-state index contributed by atoms with van der Waals surface area (Å²) in [6.07, 6.45) is 22.3. The highest BCUT2D eigenvalue weighted by Crippen LogP contribution is 2.23. The monoisotopic (exact) mass is 660 g/mol. The van der Waals surface area contributed by atoms with Gasteiger partial charge in [0.25, 0.3) is 0 Å². The van der Waals surface area contributed by atoms with Crippen LogP contribution in [0, 0.1) is 0 Å². The third kappa shape index (κ3) is 20.5. The van der Waals surface area contributed by atoms with E-state index in [4.69, 9.17) is 9.47 Å². The molecule has 0 spiro atoms. The molecule has 0 aromatic heterocycles. The summed E-state index contributed by atoms with van der Waals surface area (Å²) in [4.78, 5) is 12.4. The molecule has 9 nitrogen and oxygen atoms in total. The fraction of sp³-hybridized carbons (Fsp3) is 0.973. The number of aliphatic hydroxyl groups excluding tert-OH is 5. The number of amides is 1. The summed E-state index contributed by atoms with van der Waals surface area (Å²) < 4.78 is 11.1. The van der Waals surface area contributed by atoms with Crippen LogP contribution in [-0.4, -0.2) is 87.5 Å². The lowest BCUT2D eigenvalue weighted by Crippen LogP contribution is -2.60. The normalized spacial score (nSPS) is 23.0. The molecule has 0 radical (unpaired) electrons. The van der Waals surface area contributed by atoms with Gasteiger partial charge in [0.05, 0.1) is 25.4 Å². The Labute approximate surface area is 281 Å². The van der Waals surface area contributed by atoms with E-state index >= 15 is 0 Å². The van der Waals surface area contributed by atoms with E-state index in [0.717, 1.165) is 32.1 Å². The van der Waals surface area contributed by atoms with E-state index < -0.39 is 49.5 Å². The standard InChI is InChI=1S/C37H73NO8/c1-3-5-7-8-9-10-11-12-13-14-15-16-17-18-19-20-21-22-23-24-25-26-31(40)30(38-33(41)27-6-4-2)29-45-37-36(44)35(43)34(42)32(28-39)46-37/h30-32,34-37,39-40,42-44H,3-29H2,1-2H3,(H,38,41). The van der Waals surface area contributed by atoms with Crippen molar-refractivity contribution in [3.8, 4) is 0 Å². The Kier molecular flexibility index (Phi) is 27.4. The minimum atomic E-state index is -1.54. The maximum Gasteiger partial charge on any atom is 0.220 e. The molecular formula is C37H73NO8. The lowest BCUT2D eigenvalue weighted by molar-refractivity contribution is -0.302. The first-order valence-corrected chi connectivity index (χ1v) is 19.2. The molecule has 1 fully saturated rings. The van der Waals surface area contributed by atoms with Gasteiger partial charge >= 0.3 is 0 Å². The van der Waals surface area contributed by atoms with Crippen LogP contribution >= 0.6 is 0 Å². The van der Waals surface area contributed by atoms with Crippen LogP contribution < -0.4 is 5.32 Å². The lowest BCUT2D eigenvalue weighted by Gasteiger charge is -2.40. The second kappa shape index (κ2) is 29.1. The van der Waals surface area contributed by atoms with Crippen LogP contribution in [0.25, 0.3) is 0 Å². The van der Waals surface area contributed by atoms with Gasteiger partial charge in [-0.3, -0.25) is 4.79 Å². The maximum atomic E-state index is 12.4. The Bertz CT molecular complexity index is 696.